The normalized spacial score (nSPS) is 13.9. The van der Waals surface area contributed by atoms with Gasteiger partial charge in [0.25, 0.3) is 6.71 Å². The number of para-hydroxylation sites is 4. The van der Waals surface area contributed by atoms with Gasteiger partial charge in [0.15, 0.2) is 0 Å². The first-order valence-electron chi connectivity index (χ1n) is 22.1. The molecule has 1 aliphatic carbocycles. The van der Waals surface area contributed by atoms with E-state index in [9.17, 15) is 0 Å². The van der Waals surface area contributed by atoms with Gasteiger partial charge in [-0.25, -0.2) is 0 Å². The lowest BCUT2D eigenvalue weighted by Gasteiger charge is -2.44. The largest absolute Gasteiger partial charge is 0.311 e. The SMILES string of the molecule is CC1(C)c2cc3c(cc2-c2c1cc(N(c1ccccc1)c1ccccc1)c1ccccc21)N(c1ccccc1)c1cccc2c1B3c1c(ccc3ccccc13)N2c1ccccc1. The van der Waals surface area contributed by atoms with Gasteiger partial charge < -0.3 is 14.7 Å². The fourth-order valence-electron chi connectivity index (χ4n) is 11.2. The van der Waals surface area contributed by atoms with Crippen LogP contribution in [0.1, 0.15) is 25.0 Å². The van der Waals surface area contributed by atoms with E-state index in [0.717, 1.165) is 22.7 Å². The molecule has 296 valence electrons. The second-order valence-corrected chi connectivity index (χ2v) is 17.7. The van der Waals surface area contributed by atoms with Crippen molar-refractivity contribution in [3.8, 4) is 11.1 Å². The van der Waals surface area contributed by atoms with Crippen LogP contribution in [0.25, 0.3) is 32.7 Å². The summed E-state index contributed by atoms with van der Waals surface area (Å²) in [5.74, 6) is 0. The lowest BCUT2D eigenvalue weighted by atomic mass is 9.32. The zero-order valence-corrected chi connectivity index (χ0v) is 35.2. The van der Waals surface area contributed by atoms with E-state index in [0.29, 0.717) is 0 Å². The van der Waals surface area contributed by atoms with E-state index < -0.39 is 0 Å². The number of rotatable bonds is 5. The smallest absolute Gasteiger partial charge is 0.252 e. The van der Waals surface area contributed by atoms with E-state index in [2.05, 4.69) is 247 Å². The molecule has 10 aromatic carbocycles. The van der Waals surface area contributed by atoms with E-state index in [1.54, 1.807) is 0 Å². The van der Waals surface area contributed by atoms with E-state index >= 15 is 0 Å². The summed E-state index contributed by atoms with van der Waals surface area (Å²) in [5.41, 5.74) is 19.7. The quantitative estimate of drug-likeness (QED) is 0.161. The minimum Gasteiger partial charge on any atom is -0.311 e. The van der Waals surface area contributed by atoms with E-state index in [1.165, 1.54) is 88.6 Å². The van der Waals surface area contributed by atoms with Crippen LogP contribution in [-0.2, 0) is 5.41 Å². The van der Waals surface area contributed by atoms with Crippen LogP contribution in [0.5, 0.6) is 0 Å². The summed E-state index contributed by atoms with van der Waals surface area (Å²) in [5, 5.41) is 5.05. The van der Waals surface area contributed by atoms with Crippen molar-refractivity contribution in [2.24, 2.45) is 0 Å². The van der Waals surface area contributed by atoms with Crippen molar-refractivity contribution in [1.29, 1.82) is 0 Å². The molecule has 0 radical (unpaired) electrons. The van der Waals surface area contributed by atoms with Crippen molar-refractivity contribution in [2.45, 2.75) is 19.3 Å². The molecule has 0 unspecified atom stereocenters. The number of hydrogen-bond donors (Lipinski definition) is 0. The molecule has 0 saturated heterocycles. The van der Waals surface area contributed by atoms with Crippen LogP contribution in [0.3, 0.4) is 0 Å². The maximum Gasteiger partial charge on any atom is 0.252 e. The predicted molar refractivity (Wildman–Crippen MR) is 268 cm³/mol. The molecule has 0 atom stereocenters. The molecule has 2 heterocycles. The Labute approximate surface area is 368 Å². The van der Waals surface area contributed by atoms with Crippen molar-refractivity contribution < 1.29 is 0 Å². The highest BCUT2D eigenvalue weighted by Crippen LogP contribution is 2.56. The predicted octanol–water partition coefficient (Wildman–Crippen LogP) is 13.9. The number of benzene rings is 10. The number of anilines is 9. The zero-order chi connectivity index (χ0) is 41.8. The van der Waals surface area contributed by atoms with Crippen LogP contribution in [0.2, 0.25) is 0 Å². The van der Waals surface area contributed by atoms with Gasteiger partial charge in [0, 0.05) is 56.3 Å². The molecule has 63 heavy (non-hydrogen) atoms. The second kappa shape index (κ2) is 13.6. The summed E-state index contributed by atoms with van der Waals surface area (Å²) in [4.78, 5) is 7.47. The molecule has 0 spiro atoms. The van der Waals surface area contributed by atoms with E-state index in [1.807, 2.05) is 0 Å². The fourth-order valence-corrected chi connectivity index (χ4v) is 11.2. The lowest BCUT2D eigenvalue weighted by molar-refractivity contribution is 0.661. The first-order valence-corrected chi connectivity index (χ1v) is 22.1. The molecule has 2 aliphatic heterocycles. The molecule has 0 bridgehead atoms. The number of nitrogens with zero attached hydrogens (tertiary/aromatic N) is 3. The Kier molecular flexibility index (Phi) is 7.75. The Bertz CT molecular complexity index is 3400. The zero-order valence-electron chi connectivity index (χ0n) is 35.2. The van der Waals surface area contributed by atoms with Gasteiger partial charge in [0.1, 0.15) is 0 Å². The molecule has 0 aromatic heterocycles. The first kappa shape index (κ1) is 35.9. The minimum atomic E-state index is -0.304. The molecule has 10 aromatic rings. The van der Waals surface area contributed by atoms with Gasteiger partial charge in [-0.2, -0.15) is 0 Å². The summed E-state index contributed by atoms with van der Waals surface area (Å²) < 4.78 is 0. The van der Waals surface area contributed by atoms with Crippen molar-refractivity contribution in [3.63, 3.8) is 0 Å². The maximum absolute atomic E-state index is 2.61. The molecule has 0 N–H and O–H groups in total. The molecular formula is C59H42BN3. The molecular weight excluding hydrogens is 761 g/mol. The highest BCUT2D eigenvalue weighted by molar-refractivity contribution is 7.01. The highest BCUT2D eigenvalue weighted by atomic mass is 15.2. The molecule has 0 fully saturated rings. The summed E-state index contributed by atoms with van der Waals surface area (Å²) in [6.07, 6.45) is 0. The van der Waals surface area contributed by atoms with Gasteiger partial charge >= 0.3 is 0 Å². The van der Waals surface area contributed by atoms with Gasteiger partial charge in [-0.1, -0.05) is 153 Å². The average Bonchev–Trinajstić information content (AvgIpc) is 3.56. The van der Waals surface area contributed by atoms with Crippen molar-refractivity contribution >= 4 is 95.8 Å². The van der Waals surface area contributed by atoms with Gasteiger partial charge in [-0.15, -0.1) is 0 Å². The van der Waals surface area contributed by atoms with Crippen LogP contribution >= 0.6 is 0 Å². The molecule has 3 aliphatic rings. The van der Waals surface area contributed by atoms with Gasteiger partial charge in [0.2, 0.25) is 0 Å². The van der Waals surface area contributed by atoms with Crippen molar-refractivity contribution in [1.82, 2.24) is 0 Å². The Morgan fingerprint density at radius 2 is 0.937 bits per heavy atom. The third-order valence-corrected chi connectivity index (χ3v) is 14.0. The van der Waals surface area contributed by atoms with Crippen LogP contribution in [0.4, 0.5) is 51.2 Å². The Hall–Kier alpha value is -7.82. The lowest BCUT2D eigenvalue weighted by Crippen LogP contribution is -2.61. The van der Waals surface area contributed by atoms with Crippen LogP contribution < -0.4 is 31.1 Å². The maximum atomic E-state index is 2.61. The van der Waals surface area contributed by atoms with Crippen molar-refractivity contribution in [2.75, 3.05) is 14.7 Å². The van der Waals surface area contributed by atoms with Crippen LogP contribution in [-0.4, -0.2) is 6.71 Å². The van der Waals surface area contributed by atoms with E-state index in [4.69, 9.17) is 0 Å². The third-order valence-electron chi connectivity index (χ3n) is 14.0. The average molecular weight is 804 g/mol. The minimum absolute atomic E-state index is 0.00371. The molecule has 0 saturated carbocycles. The Morgan fingerprint density at radius 1 is 0.413 bits per heavy atom. The number of hydrogen-bond acceptors (Lipinski definition) is 3. The summed E-state index contributed by atoms with van der Waals surface area (Å²) in [6, 6.07) is 80.8. The van der Waals surface area contributed by atoms with E-state index in [-0.39, 0.29) is 12.1 Å². The Morgan fingerprint density at radius 3 is 1.57 bits per heavy atom. The Balaban J connectivity index is 1.12. The molecule has 0 amide bonds. The highest BCUT2D eigenvalue weighted by Gasteiger charge is 2.47. The topological polar surface area (TPSA) is 9.72 Å². The summed E-state index contributed by atoms with van der Waals surface area (Å²) in [7, 11) is 0. The monoisotopic (exact) mass is 803 g/mol. The number of fused-ring (bicyclic) bond motifs is 11. The van der Waals surface area contributed by atoms with Gasteiger partial charge in [0.05, 0.1) is 5.69 Å². The molecule has 13 rings (SSSR count). The second-order valence-electron chi connectivity index (χ2n) is 17.7. The summed E-state index contributed by atoms with van der Waals surface area (Å²) in [6.45, 7) is 4.88. The first-order chi connectivity index (χ1) is 31.1. The molecule has 3 nitrogen and oxygen atoms in total. The standard InChI is InChI=1S/C59H42BN3/c1-59(2)48-37-50-55(36-47(48)56-46-31-18-17-30-45(46)54(38-49(56)59)61(40-21-7-3-8-22-40)41-23-9-4-10-24-41)63(43-27-13-6-14-28-43)52-33-19-32-51-58(52)60(50)57-44-29-16-15-20-39(44)34-35-53(57)62(51)42-25-11-5-12-26-42/h3-38H,1-2H3. The van der Waals surface area contributed by atoms with Crippen molar-refractivity contribution in [3.05, 3.63) is 230 Å². The summed E-state index contributed by atoms with van der Waals surface area (Å²) >= 11 is 0. The van der Waals surface area contributed by atoms with Crippen LogP contribution in [0.15, 0.2) is 218 Å². The molecule has 4 heteroatoms. The van der Waals surface area contributed by atoms with Gasteiger partial charge in [-0.05, 0) is 134 Å². The third kappa shape index (κ3) is 5.16. The van der Waals surface area contributed by atoms with Crippen LogP contribution in [0, 0.1) is 0 Å². The fraction of sp³-hybridized carbons (Fsp3) is 0.0508. The van der Waals surface area contributed by atoms with Gasteiger partial charge in [-0.3, -0.25) is 0 Å².